The highest BCUT2D eigenvalue weighted by molar-refractivity contribution is 5.87. The van der Waals surface area contributed by atoms with Crippen LogP contribution >= 0.6 is 0 Å². The van der Waals surface area contributed by atoms with Crippen LogP contribution in [-0.2, 0) is 9.53 Å². The molecule has 8 nitrogen and oxygen atoms in total. The van der Waals surface area contributed by atoms with E-state index in [9.17, 15) is 4.79 Å². The van der Waals surface area contributed by atoms with E-state index in [0.29, 0.717) is 23.6 Å². The highest BCUT2D eigenvalue weighted by Gasteiger charge is 2.16. The lowest BCUT2D eigenvalue weighted by atomic mass is 10.1. The second-order valence-corrected chi connectivity index (χ2v) is 8.02. The zero-order valence-electron chi connectivity index (χ0n) is 17.8. The number of hydrogen-bond acceptors (Lipinski definition) is 7. The summed E-state index contributed by atoms with van der Waals surface area (Å²) in [6.45, 7) is 8.29. The summed E-state index contributed by atoms with van der Waals surface area (Å²) in [4.78, 5) is 16.5. The first kappa shape index (κ1) is 20.8. The Labute approximate surface area is 170 Å². The highest BCUT2D eigenvalue weighted by Crippen LogP contribution is 2.28. The molecule has 0 aliphatic rings. The van der Waals surface area contributed by atoms with Gasteiger partial charge in [-0.1, -0.05) is 12.5 Å². The lowest BCUT2D eigenvalue weighted by molar-refractivity contribution is -0.154. The van der Waals surface area contributed by atoms with Gasteiger partial charge in [0, 0.05) is 13.0 Å². The molecule has 0 spiro atoms. The molecule has 0 saturated carbocycles. The number of ether oxygens (including phenoxy) is 2. The van der Waals surface area contributed by atoms with Crippen molar-refractivity contribution < 1.29 is 14.3 Å². The van der Waals surface area contributed by atoms with Gasteiger partial charge >= 0.3 is 5.97 Å². The van der Waals surface area contributed by atoms with E-state index in [2.05, 4.69) is 15.5 Å². The number of nitrogens with zero attached hydrogens (tertiary/aromatic N) is 4. The van der Waals surface area contributed by atoms with E-state index in [1.807, 2.05) is 50.3 Å². The van der Waals surface area contributed by atoms with Crippen molar-refractivity contribution in [3.05, 3.63) is 24.0 Å². The molecular weight excluding hydrogens is 370 g/mol. The number of aryl methyl sites for hydroxylation is 1. The molecule has 156 valence electrons. The van der Waals surface area contributed by atoms with Crippen molar-refractivity contribution in [2.24, 2.45) is 0 Å². The molecule has 8 heteroatoms. The van der Waals surface area contributed by atoms with Gasteiger partial charge in [-0.05, 0) is 52.7 Å². The van der Waals surface area contributed by atoms with Gasteiger partial charge in [0.05, 0.1) is 12.6 Å². The third-order valence-corrected chi connectivity index (χ3v) is 4.47. The smallest absolute Gasteiger partial charge is 0.306 e. The molecule has 0 amide bonds. The first-order valence-corrected chi connectivity index (χ1v) is 9.94. The number of unbranched alkanes of at least 4 members (excludes halogenated alkanes) is 2. The Bertz CT molecular complexity index is 1010. The van der Waals surface area contributed by atoms with E-state index >= 15 is 0 Å². The van der Waals surface area contributed by atoms with Crippen LogP contribution in [0.2, 0.25) is 0 Å². The lowest BCUT2D eigenvalue weighted by Gasteiger charge is -2.19. The number of carbonyl (C=O) groups excluding carboxylic acids is 1. The van der Waals surface area contributed by atoms with Crippen LogP contribution in [0.3, 0.4) is 0 Å². The molecule has 1 aromatic carbocycles. The van der Waals surface area contributed by atoms with Crippen LogP contribution in [0.25, 0.3) is 16.7 Å². The summed E-state index contributed by atoms with van der Waals surface area (Å²) in [7, 11) is 1.64. The molecule has 1 N–H and O–H groups in total. The predicted molar refractivity (Wildman–Crippen MR) is 112 cm³/mol. The maximum Gasteiger partial charge on any atom is 0.306 e. The number of esters is 1. The summed E-state index contributed by atoms with van der Waals surface area (Å²) in [5, 5.41) is 11.9. The number of anilines is 1. The number of fused-ring (bicyclic) bond motifs is 3. The van der Waals surface area contributed by atoms with Gasteiger partial charge in [0.15, 0.2) is 5.82 Å². The maximum atomic E-state index is 11.8. The van der Waals surface area contributed by atoms with E-state index in [1.54, 1.807) is 7.11 Å². The van der Waals surface area contributed by atoms with Crippen molar-refractivity contribution >= 4 is 28.5 Å². The Morgan fingerprint density at radius 1 is 1.17 bits per heavy atom. The fourth-order valence-electron chi connectivity index (χ4n) is 3.22. The maximum absolute atomic E-state index is 11.8. The van der Waals surface area contributed by atoms with Gasteiger partial charge in [-0.25, -0.2) is 4.98 Å². The average Bonchev–Trinajstić information content (AvgIpc) is 3.05. The van der Waals surface area contributed by atoms with Crippen LogP contribution in [0.4, 0.5) is 5.82 Å². The SMILES string of the molecule is COc1cccc2c1nc(NCCCCCC(=O)OC(C)(C)C)c1nnc(C)n12. The fourth-order valence-corrected chi connectivity index (χ4v) is 3.22. The van der Waals surface area contributed by atoms with Crippen LogP contribution in [0.1, 0.15) is 52.3 Å². The number of nitrogens with one attached hydrogen (secondary N) is 1. The Hall–Kier alpha value is -2.90. The van der Waals surface area contributed by atoms with Gasteiger partial charge in [-0.3, -0.25) is 9.20 Å². The third-order valence-electron chi connectivity index (χ3n) is 4.47. The quantitative estimate of drug-likeness (QED) is 0.454. The number of methoxy groups -OCH3 is 1. The summed E-state index contributed by atoms with van der Waals surface area (Å²) in [5.74, 6) is 2.03. The van der Waals surface area contributed by atoms with Gasteiger partial charge in [0.25, 0.3) is 0 Å². The van der Waals surface area contributed by atoms with Crippen LogP contribution < -0.4 is 10.1 Å². The Balaban J connectivity index is 1.64. The minimum atomic E-state index is -0.427. The Morgan fingerprint density at radius 2 is 1.97 bits per heavy atom. The average molecular weight is 399 g/mol. The van der Waals surface area contributed by atoms with E-state index in [1.165, 1.54) is 0 Å². The second-order valence-electron chi connectivity index (χ2n) is 8.02. The first-order chi connectivity index (χ1) is 13.8. The van der Waals surface area contributed by atoms with Gasteiger partial charge in [-0.2, -0.15) is 0 Å². The molecule has 0 aliphatic heterocycles. The second kappa shape index (κ2) is 8.63. The number of para-hydroxylation sites is 1. The summed E-state index contributed by atoms with van der Waals surface area (Å²) in [6, 6.07) is 5.80. The number of rotatable bonds is 8. The fraction of sp³-hybridized carbons (Fsp3) is 0.524. The minimum absolute atomic E-state index is 0.144. The molecule has 0 unspecified atom stereocenters. The standard InChI is InChI=1S/C21H29N5O3/c1-14-24-25-20-19(22-13-8-6-7-12-17(27)29-21(2,3)4)23-18-15(26(14)20)10-9-11-16(18)28-5/h9-11H,6-8,12-13H2,1-5H3,(H,22,23). The van der Waals surface area contributed by atoms with Crippen LogP contribution in [0, 0.1) is 6.92 Å². The van der Waals surface area contributed by atoms with E-state index in [-0.39, 0.29) is 5.97 Å². The minimum Gasteiger partial charge on any atom is -0.494 e. The van der Waals surface area contributed by atoms with Crippen molar-refractivity contribution in [1.82, 2.24) is 19.6 Å². The normalized spacial score (nSPS) is 11.8. The van der Waals surface area contributed by atoms with E-state index < -0.39 is 5.60 Å². The summed E-state index contributed by atoms with van der Waals surface area (Å²) < 4.78 is 12.8. The van der Waals surface area contributed by atoms with Crippen molar-refractivity contribution in [3.8, 4) is 5.75 Å². The lowest BCUT2D eigenvalue weighted by Crippen LogP contribution is -2.23. The molecule has 0 radical (unpaired) electrons. The Kier molecular flexibility index (Phi) is 6.20. The van der Waals surface area contributed by atoms with Gasteiger partial charge < -0.3 is 14.8 Å². The predicted octanol–water partition coefficient (Wildman–Crippen LogP) is 3.91. The van der Waals surface area contributed by atoms with Crippen molar-refractivity contribution in [1.29, 1.82) is 0 Å². The van der Waals surface area contributed by atoms with Crippen molar-refractivity contribution in [2.45, 2.75) is 59.0 Å². The van der Waals surface area contributed by atoms with Gasteiger partial charge in [0.2, 0.25) is 5.65 Å². The zero-order valence-corrected chi connectivity index (χ0v) is 17.8. The number of benzene rings is 1. The Morgan fingerprint density at radius 3 is 2.69 bits per heavy atom. The van der Waals surface area contributed by atoms with Gasteiger partial charge in [-0.15, -0.1) is 10.2 Å². The molecule has 3 aromatic rings. The molecule has 0 atom stereocenters. The highest BCUT2D eigenvalue weighted by atomic mass is 16.6. The third kappa shape index (κ3) is 4.93. The molecule has 2 heterocycles. The molecule has 29 heavy (non-hydrogen) atoms. The van der Waals surface area contributed by atoms with E-state index in [0.717, 1.165) is 42.7 Å². The molecule has 0 bridgehead atoms. The van der Waals surface area contributed by atoms with Crippen LogP contribution in [-0.4, -0.2) is 44.8 Å². The van der Waals surface area contributed by atoms with Crippen LogP contribution in [0.5, 0.6) is 5.75 Å². The van der Waals surface area contributed by atoms with E-state index in [4.69, 9.17) is 14.5 Å². The van der Waals surface area contributed by atoms with Gasteiger partial charge in [0.1, 0.15) is 22.7 Å². The molecule has 3 rings (SSSR count). The summed E-state index contributed by atoms with van der Waals surface area (Å²) in [6.07, 6.45) is 3.07. The number of hydrogen-bond donors (Lipinski definition) is 1. The largest absolute Gasteiger partial charge is 0.494 e. The molecule has 0 aliphatic carbocycles. The zero-order chi connectivity index (χ0) is 21.0. The molecule has 2 aromatic heterocycles. The molecule has 0 saturated heterocycles. The number of carbonyl (C=O) groups is 1. The monoisotopic (exact) mass is 399 g/mol. The van der Waals surface area contributed by atoms with Crippen molar-refractivity contribution in [3.63, 3.8) is 0 Å². The van der Waals surface area contributed by atoms with Crippen molar-refractivity contribution in [2.75, 3.05) is 19.0 Å². The summed E-state index contributed by atoms with van der Waals surface area (Å²) >= 11 is 0. The topological polar surface area (TPSA) is 90.6 Å². The van der Waals surface area contributed by atoms with Crippen LogP contribution in [0.15, 0.2) is 18.2 Å². The number of aromatic nitrogens is 4. The summed E-state index contributed by atoms with van der Waals surface area (Å²) in [5.41, 5.74) is 1.93. The molecule has 0 fully saturated rings. The first-order valence-electron chi connectivity index (χ1n) is 9.94. The molecular formula is C21H29N5O3.